The van der Waals surface area contributed by atoms with Crippen molar-refractivity contribution in [3.05, 3.63) is 29.8 Å². The van der Waals surface area contributed by atoms with Gasteiger partial charge < -0.3 is 9.64 Å². The van der Waals surface area contributed by atoms with Crippen molar-refractivity contribution in [1.29, 1.82) is 0 Å². The summed E-state index contributed by atoms with van der Waals surface area (Å²) >= 11 is 0. The Hall–Kier alpha value is -1.51. The van der Waals surface area contributed by atoms with Crippen molar-refractivity contribution in [3.63, 3.8) is 0 Å². The second-order valence-electron chi connectivity index (χ2n) is 4.25. The van der Waals surface area contributed by atoms with Crippen molar-refractivity contribution in [2.24, 2.45) is 0 Å². The third-order valence-electron chi connectivity index (χ3n) is 3.24. The largest absolute Gasteiger partial charge is 0.469 e. The van der Waals surface area contributed by atoms with Crippen LogP contribution in [0.3, 0.4) is 0 Å². The number of hydrogen-bond donors (Lipinski definition) is 0. The van der Waals surface area contributed by atoms with E-state index in [0.29, 0.717) is 12.3 Å². The summed E-state index contributed by atoms with van der Waals surface area (Å²) in [6.07, 6.45) is 1.50. The third kappa shape index (κ3) is 2.03. The molecule has 0 aromatic heterocycles. The number of para-hydroxylation sites is 1. The van der Waals surface area contributed by atoms with E-state index in [2.05, 4.69) is 24.1 Å². The highest BCUT2D eigenvalue weighted by Gasteiger charge is 2.24. The van der Waals surface area contributed by atoms with E-state index in [0.717, 1.165) is 13.0 Å². The van der Waals surface area contributed by atoms with Crippen LogP contribution in [-0.4, -0.2) is 26.7 Å². The van der Waals surface area contributed by atoms with Gasteiger partial charge in [0.1, 0.15) is 0 Å². The highest BCUT2D eigenvalue weighted by atomic mass is 16.5. The van der Waals surface area contributed by atoms with Crippen LogP contribution < -0.4 is 4.90 Å². The molecule has 3 heteroatoms. The van der Waals surface area contributed by atoms with Crippen molar-refractivity contribution < 1.29 is 9.53 Å². The molecule has 0 amide bonds. The van der Waals surface area contributed by atoms with Crippen LogP contribution >= 0.6 is 0 Å². The first-order chi connectivity index (χ1) is 7.72. The highest BCUT2D eigenvalue weighted by molar-refractivity contribution is 5.71. The van der Waals surface area contributed by atoms with Gasteiger partial charge in [-0.05, 0) is 24.0 Å². The van der Waals surface area contributed by atoms with E-state index in [1.807, 2.05) is 12.1 Å². The van der Waals surface area contributed by atoms with Gasteiger partial charge in [0.15, 0.2) is 0 Å². The van der Waals surface area contributed by atoms with Crippen LogP contribution in [0.5, 0.6) is 0 Å². The van der Waals surface area contributed by atoms with Gasteiger partial charge >= 0.3 is 5.97 Å². The zero-order valence-corrected chi connectivity index (χ0v) is 9.77. The molecule has 1 aromatic rings. The standard InChI is InChI=1S/C13H17NO2/c1-14-8-7-10(9-13(15)16-2)11-5-3-4-6-12(11)14/h3-6,10H,7-9H2,1-2H3. The first kappa shape index (κ1) is 11.0. The number of esters is 1. The molecule has 1 aromatic carbocycles. The number of anilines is 1. The molecule has 0 radical (unpaired) electrons. The summed E-state index contributed by atoms with van der Waals surface area (Å²) in [5, 5.41) is 0. The van der Waals surface area contributed by atoms with Crippen LogP contribution in [0.4, 0.5) is 5.69 Å². The van der Waals surface area contributed by atoms with Crippen molar-refractivity contribution in [2.45, 2.75) is 18.8 Å². The van der Waals surface area contributed by atoms with Crippen molar-refractivity contribution in [3.8, 4) is 0 Å². The van der Waals surface area contributed by atoms with E-state index >= 15 is 0 Å². The molecule has 1 unspecified atom stereocenters. The van der Waals surface area contributed by atoms with E-state index < -0.39 is 0 Å². The monoisotopic (exact) mass is 219 g/mol. The van der Waals surface area contributed by atoms with E-state index in [1.165, 1.54) is 18.4 Å². The molecule has 0 saturated heterocycles. The van der Waals surface area contributed by atoms with Gasteiger partial charge in [0, 0.05) is 19.3 Å². The number of methoxy groups -OCH3 is 1. The van der Waals surface area contributed by atoms with Crippen molar-refractivity contribution in [1.82, 2.24) is 0 Å². The van der Waals surface area contributed by atoms with Gasteiger partial charge in [-0.1, -0.05) is 18.2 Å². The maximum Gasteiger partial charge on any atom is 0.306 e. The molecule has 1 aliphatic heterocycles. The van der Waals surface area contributed by atoms with Crippen LogP contribution in [0.1, 0.15) is 24.3 Å². The molecule has 0 saturated carbocycles. The quantitative estimate of drug-likeness (QED) is 0.714. The Balaban J connectivity index is 2.24. The number of rotatable bonds is 2. The van der Waals surface area contributed by atoms with Gasteiger partial charge in [-0.25, -0.2) is 0 Å². The molecule has 0 fully saturated rings. The summed E-state index contributed by atoms with van der Waals surface area (Å²) in [5.41, 5.74) is 2.50. The predicted octanol–water partition coefficient (Wildman–Crippen LogP) is 2.17. The molecule has 0 spiro atoms. The molecule has 86 valence electrons. The summed E-state index contributed by atoms with van der Waals surface area (Å²) in [6, 6.07) is 8.29. The molecule has 3 nitrogen and oxygen atoms in total. The zero-order valence-electron chi connectivity index (χ0n) is 9.77. The van der Waals surface area contributed by atoms with Gasteiger partial charge in [-0.15, -0.1) is 0 Å². The summed E-state index contributed by atoms with van der Waals surface area (Å²) in [4.78, 5) is 13.6. The molecular formula is C13H17NO2. The number of carbonyl (C=O) groups is 1. The predicted molar refractivity (Wildman–Crippen MR) is 63.7 cm³/mol. The first-order valence-electron chi connectivity index (χ1n) is 5.59. The molecule has 1 heterocycles. The third-order valence-corrected chi connectivity index (χ3v) is 3.24. The molecule has 0 bridgehead atoms. The minimum absolute atomic E-state index is 0.121. The lowest BCUT2D eigenvalue weighted by atomic mass is 9.88. The van der Waals surface area contributed by atoms with Gasteiger partial charge in [0.25, 0.3) is 0 Å². The second-order valence-corrected chi connectivity index (χ2v) is 4.25. The van der Waals surface area contributed by atoms with E-state index in [1.54, 1.807) is 0 Å². The first-order valence-corrected chi connectivity index (χ1v) is 5.59. The zero-order chi connectivity index (χ0) is 11.5. The summed E-state index contributed by atoms with van der Waals surface area (Å²) < 4.78 is 4.74. The van der Waals surface area contributed by atoms with Gasteiger partial charge in [0.2, 0.25) is 0 Å². The van der Waals surface area contributed by atoms with Gasteiger partial charge in [0.05, 0.1) is 13.5 Å². The summed E-state index contributed by atoms with van der Waals surface area (Å²) in [7, 11) is 3.54. The minimum Gasteiger partial charge on any atom is -0.469 e. The fourth-order valence-corrected chi connectivity index (χ4v) is 2.30. The number of benzene rings is 1. The Bertz CT molecular complexity index is 389. The molecule has 16 heavy (non-hydrogen) atoms. The Morgan fingerprint density at radius 3 is 3.00 bits per heavy atom. The number of carbonyl (C=O) groups excluding carboxylic acids is 1. The van der Waals surface area contributed by atoms with Crippen LogP contribution in [0.25, 0.3) is 0 Å². The van der Waals surface area contributed by atoms with Gasteiger partial charge in [-0.2, -0.15) is 0 Å². The Morgan fingerprint density at radius 1 is 1.50 bits per heavy atom. The smallest absolute Gasteiger partial charge is 0.306 e. The highest BCUT2D eigenvalue weighted by Crippen LogP contribution is 2.36. The number of ether oxygens (including phenoxy) is 1. The minimum atomic E-state index is -0.121. The van der Waals surface area contributed by atoms with Crippen LogP contribution in [0.2, 0.25) is 0 Å². The molecule has 2 rings (SSSR count). The van der Waals surface area contributed by atoms with E-state index in [4.69, 9.17) is 4.74 Å². The van der Waals surface area contributed by atoms with Gasteiger partial charge in [-0.3, -0.25) is 4.79 Å². The second kappa shape index (κ2) is 4.56. The lowest BCUT2D eigenvalue weighted by Crippen LogP contribution is -2.28. The SMILES string of the molecule is COC(=O)CC1CCN(C)c2ccccc21. The Kier molecular flexibility index (Phi) is 3.13. The molecule has 0 N–H and O–H groups in total. The molecule has 0 aliphatic carbocycles. The molecular weight excluding hydrogens is 202 g/mol. The fourth-order valence-electron chi connectivity index (χ4n) is 2.30. The lowest BCUT2D eigenvalue weighted by molar-refractivity contribution is -0.141. The van der Waals surface area contributed by atoms with Crippen LogP contribution in [0, 0.1) is 0 Å². The maximum absolute atomic E-state index is 11.3. The fraction of sp³-hybridized carbons (Fsp3) is 0.462. The van der Waals surface area contributed by atoms with E-state index in [-0.39, 0.29) is 5.97 Å². The molecule has 1 atom stereocenters. The molecule has 1 aliphatic rings. The van der Waals surface area contributed by atoms with E-state index in [9.17, 15) is 4.79 Å². The van der Waals surface area contributed by atoms with Crippen LogP contribution in [-0.2, 0) is 9.53 Å². The normalized spacial score (nSPS) is 19.1. The summed E-state index contributed by atoms with van der Waals surface area (Å²) in [5.74, 6) is 0.184. The average Bonchev–Trinajstić information content (AvgIpc) is 2.33. The Labute approximate surface area is 96.0 Å². The topological polar surface area (TPSA) is 29.5 Å². The maximum atomic E-state index is 11.3. The lowest BCUT2D eigenvalue weighted by Gasteiger charge is -2.32. The average molecular weight is 219 g/mol. The number of nitrogens with zero attached hydrogens (tertiary/aromatic N) is 1. The number of hydrogen-bond acceptors (Lipinski definition) is 3. The van der Waals surface area contributed by atoms with Crippen molar-refractivity contribution in [2.75, 3.05) is 25.6 Å². The summed E-state index contributed by atoms with van der Waals surface area (Å²) in [6.45, 7) is 0.999. The number of fused-ring (bicyclic) bond motifs is 1. The Morgan fingerprint density at radius 2 is 2.25 bits per heavy atom. The van der Waals surface area contributed by atoms with Crippen molar-refractivity contribution >= 4 is 11.7 Å². The van der Waals surface area contributed by atoms with Crippen LogP contribution in [0.15, 0.2) is 24.3 Å².